The summed E-state index contributed by atoms with van der Waals surface area (Å²) in [6, 6.07) is 6.41. The van der Waals surface area contributed by atoms with Crippen LogP contribution in [0.5, 0.6) is 23.0 Å². The zero-order valence-corrected chi connectivity index (χ0v) is 18.6. The molecule has 0 aliphatic carbocycles. The molecule has 5 rings (SSSR count). The lowest BCUT2D eigenvalue weighted by atomic mass is 9.80. The van der Waals surface area contributed by atoms with E-state index in [4.69, 9.17) is 23.9 Å². The molecule has 0 fully saturated rings. The third-order valence-electron chi connectivity index (χ3n) is 6.14. The highest BCUT2D eigenvalue weighted by Crippen LogP contribution is 2.48. The number of fused-ring (bicyclic) bond motifs is 4. The molecule has 0 bridgehead atoms. The zero-order valence-electron chi connectivity index (χ0n) is 18.6. The molecule has 3 aliphatic heterocycles. The van der Waals surface area contributed by atoms with Crippen LogP contribution < -0.4 is 18.9 Å². The molecule has 5 nitrogen and oxygen atoms in total. The maximum absolute atomic E-state index is 6.31. The Balaban J connectivity index is 1.76. The van der Waals surface area contributed by atoms with Crippen LogP contribution in [0.4, 0.5) is 0 Å². The highest BCUT2D eigenvalue weighted by Gasteiger charge is 2.40. The molecule has 30 heavy (non-hydrogen) atoms. The second kappa shape index (κ2) is 6.40. The largest absolute Gasteiger partial charge is 0.493 e. The first kappa shape index (κ1) is 19.3. The van der Waals surface area contributed by atoms with E-state index in [0.29, 0.717) is 6.61 Å². The Hall–Kier alpha value is -2.69. The average molecular weight is 408 g/mol. The first-order valence-electron chi connectivity index (χ1n) is 10.6. The van der Waals surface area contributed by atoms with Crippen molar-refractivity contribution in [3.05, 3.63) is 46.0 Å². The maximum Gasteiger partial charge on any atom is 0.166 e. The molecule has 0 saturated heterocycles. The molecule has 0 aromatic heterocycles. The van der Waals surface area contributed by atoms with Gasteiger partial charge in [0.25, 0.3) is 0 Å². The molecular weight excluding hydrogens is 378 g/mol. The van der Waals surface area contributed by atoms with Crippen molar-refractivity contribution in [1.82, 2.24) is 0 Å². The van der Waals surface area contributed by atoms with Crippen molar-refractivity contribution in [3.8, 4) is 23.0 Å². The lowest BCUT2D eigenvalue weighted by molar-refractivity contribution is 0.134. The van der Waals surface area contributed by atoms with Gasteiger partial charge in [-0.3, -0.25) is 4.99 Å². The van der Waals surface area contributed by atoms with E-state index in [-0.39, 0.29) is 11.1 Å². The monoisotopic (exact) mass is 407 g/mol. The van der Waals surface area contributed by atoms with Gasteiger partial charge in [0, 0.05) is 35.1 Å². The van der Waals surface area contributed by atoms with Gasteiger partial charge in [0.15, 0.2) is 23.0 Å². The highest BCUT2D eigenvalue weighted by atomic mass is 16.5. The van der Waals surface area contributed by atoms with Crippen molar-refractivity contribution in [2.75, 3.05) is 20.8 Å². The van der Waals surface area contributed by atoms with Gasteiger partial charge in [-0.25, -0.2) is 0 Å². The fraction of sp³-hybridized carbons (Fsp3) is 0.480. The lowest BCUT2D eigenvalue weighted by Gasteiger charge is -2.31. The number of hydrogen-bond acceptors (Lipinski definition) is 5. The van der Waals surface area contributed by atoms with Gasteiger partial charge in [-0.1, -0.05) is 0 Å². The Morgan fingerprint density at radius 2 is 1.63 bits per heavy atom. The van der Waals surface area contributed by atoms with Crippen LogP contribution in [-0.4, -0.2) is 37.7 Å². The minimum absolute atomic E-state index is 0.209. The smallest absolute Gasteiger partial charge is 0.166 e. The molecule has 0 atom stereocenters. The van der Waals surface area contributed by atoms with E-state index < -0.39 is 0 Å². The van der Waals surface area contributed by atoms with E-state index in [1.807, 2.05) is 0 Å². The van der Waals surface area contributed by atoms with Gasteiger partial charge in [-0.15, -0.1) is 0 Å². The average Bonchev–Trinajstić information content (AvgIpc) is 3.27. The molecular formula is C25H29NO4. The van der Waals surface area contributed by atoms with Crippen molar-refractivity contribution in [1.29, 1.82) is 0 Å². The summed E-state index contributed by atoms with van der Waals surface area (Å²) in [5.41, 5.74) is 6.43. The van der Waals surface area contributed by atoms with E-state index in [9.17, 15) is 0 Å². The summed E-state index contributed by atoms with van der Waals surface area (Å²) >= 11 is 0. The standard InChI is InChI=1S/C25H29NO4/c1-24(2)12-16-11-19(28-6)23-17(13-25(3,4)30-23)20(16)21(26-24)15-9-14-7-8-29-22(14)18(10-15)27-5/h9-11H,7-8,12-13H2,1-6H3. The summed E-state index contributed by atoms with van der Waals surface area (Å²) < 4.78 is 23.5. The summed E-state index contributed by atoms with van der Waals surface area (Å²) in [5, 5.41) is 0. The molecule has 0 spiro atoms. The molecule has 0 unspecified atom stereocenters. The number of hydrogen-bond donors (Lipinski definition) is 0. The molecule has 3 aliphatic rings. The van der Waals surface area contributed by atoms with Crippen LogP contribution in [0.1, 0.15) is 55.5 Å². The molecule has 3 heterocycles. The predicted molar refractivity (Wildman–Crippen MR) is 117 cm³/mol. The predicted octanol–water partition coefficient (Wildman–Crippen LogP) is 4.52. The Labute approximate surface area is 178 Å². The summed E-state index contributed by atoms with van der Waals surface area (Å²) in [6.07, 6.45) is 2.58. The van der Waals surface area contributed by atoms with Crippen molar-refractivity contribution >= 4 is 5.71 Å². The first-order chi connectivity index (χ1) is 14.2. The molecule has 5 heteroatoms. The van der Waals surface area contributed by atoms with Crippen molar-refractivity contribution in [2.45, 2.75) is 58.1 Å². The third-order valence-corrected chi connectivity index (χ3v) is 6.14. The van der Waals surface area contributed by atoms with Gasteiger partial charge in [0.05, 0.1) is 32.1 Å². The second-order valence-corrected chi connectivity index (χ2v) is 9.67. The Morgan fingerprint density at radius 3 is 2.37 bits per heavy atom. The molecule has 2 aromatic rings. The maximum atomic E-state index is 6.31. The highest BCUT2D eigenvalue weighted by molar-refractivity contribution is 6.16. The quantitative estimate of drug-likeness (QED) is 0.750. The molecule has 0 radical (unpaired) electrons. The topological polar surface area (TPSA) is 49.3 Å². The van der Waals surface area contributed by atoms with Crippen LogP contribution in [0.25, 0.3) is 0 Å². The fourth-order valence-electron chi connectivity index (χ4n) is 4.99. The van der Waals surface area contributed by atoms with Gasteiger partial charge < -0.3 is 18.9 Å². The number of nitrogens with zero attached hydrogens (tertiary/aromatic N) is 1. The summed E-state index contributed by atoms with van der Waals surface area (Å²) in [5.74, 6) is 3.30. The lowest BCUT2D eigenvalue weighted by Crippen LogP contribution is -2.30. The number of ether oxygens (including phenoxy) is 4. The normalized spacial score (nSPS) is 19.7. The van der Waals surface area contributed by atoms with Crippen molar-refractivity contribution in [2.24, 2.45) is 4.99 Å². The van der Waals surface area contributed by atoms with Crippen LogP contribution in [0, 0.1) is 0 Å². The second-order valence-electron chi connectivity index (χ2n) is 9.67. The van der Waals surface area contributed by atoms with Crippen molar-refractivity contribution < 1.29 is 18.9 Å². The first-order valence-corrected chi connectivity index (χ1v) is 10.6. The minimum Gasteiger partial charge on any atom is -0.493 e. The van der Waals surface area contributed by atoms with Crippen molar-refractivity contribution in [3.63, 3.8) is 0 Å². The van der Waals surface area contributed by atoms with Gasteiger partial charge >= 0.3 is 0 Å². The molecule has 158 valence electrons. The van der Waals surface area contributed by atoms with Gasteiger partial charge in [-0.2, -0.15) is 0 Å². The van der Waals surface area contributed by atoms with Crippen LogP contribution in [0.3, 0.4) is 0 Å². The number of benzene rings is 2. The Morgan fingerprint density at radius 1 is 0.900 bits per heavy atom. The van der Waals surface area contributed by atoms with E-state index in [1.165, 1.54) is 22.3 Å². The van der Waals surface area contributed by atoms with E-state index in [0.717, 1.165) is 53.5 Å². The van der Waals surface area contributed by atoms with Gasteiger partial charge in [0.2, 0.25) is 0 Å². The molecule has 0 saturated carbocycles. The van der Waals surface area contributed by atoms with Gasteiger partial charge in [-0.05, 0) is 57.9 Å². The van der Waals surface area contributed by atoms with Crippen LogP contribution in [0.15, 0.2) is 23.2 Å². The van der Waals surface area contributed by atoms with E-state index in [2.05, 4.69) is 45.9 Å². The molecule has 0 N–H and O–H groups in total. The SMILES string of the molecule is COc1cc(C2=NC(C)(C)Cc3cc(OC)c4c(c32)CC(C)(C)O4)cc2c1OCC2. The number of methoxy groups -OCH3 is 2. The summed E-state index contributed by atoms with van der Waals surface area (Å²) in [7, 11) is 3.41. The molecule has 0 amide bonds. The number of rotatable bonds is 3. The van der Waals surface area contributed by atoms with Crippen LogP contribution in [-0.2, 0) is 19.3 Å². The number of aliphatic imine (C=N–C) groups is 1. The van der Waals surface area contributed by atoms with E-state index in [1.54, 1.807) is 14.2 Å². The molecule has 2 aromatic carbocycles. The third kappa shape index (κ3) is 2.94. The van der Waals surface area contributed by atoms with Gasteiger partial charge in [0.1, 0.15) is 5.60 Å². The minimum atomic E-state index is -0.272. The Bertz CT molecular complexity index is 1080. The zero-order chi connectivity index (χ0) is 21.3. The summed E-state index contributed by atoms with van der Waals surface area (Å²) in [4.78, 5) is 5.23. The van der Waals surface area contributed by atoms with E-state index >= 15 is 0 Å². The summed E-state index contributed by atoms with van der Waals surface area (Å²) in [6.45, 7) is 9.31. The van der Waals surface area contributed by atoms with Crippen LogP contribution in [0.2, 0.25) is 0 Å². The Kier molecular flexibility index (Phi) is 4.12. The van der Waals surface area contributed by atoms with Crippen LogP contribution >= 0.6 is 0 Å². The fourth-order valence-corrected chi connectivity index (χ4v) is 4.99.